The van der Waals surface area contributed by atoms with Crippen molar-refractivity contribution in [3.05, 3.63) is 41.8 Å². The average molecular weight is 230 g/mol. The summed E-state index contributed by atoms with van der Waals surface area (Å²) in [5.41, 5.74) is 1.14. The highest BCUT2D eigenvalue weighted by Gasteiger charge is 2.61. The standard InChI is InChI=1S/C14H16NO2/c1-15(14-7-12(8-14)9-14)13(16)17-10-11-5-3-2-4-6-11/h2-6H,7-10H2,1H3. The molecule has 2 bridgehead atoms. The van der Waals surface area contributed by atoms with Gasteiger partial charge in [-0.15, -0.1) is 0 Å². The predicted molar refractivity (Wildman–Crippen MR) is 64.2 cm³/mol. The molecule has 0 heterocycles. The topological polar surface area (TPSA) is 29.5 Å². The van der Waals surface area contributed by atoms with E-state index < -0.39 is 0 Å². The second-order valence-corrected chi connectivity index (χ2v) is 5.10. The van der Waals surface area contributed by atoms with Gasteiger partial charge in [-0.05, 0) is 30.7 Å². The summed E-state index contributed by atoms with van der Waals surface area (Å²) in [5.74, 6) is 1.59. The van der Waals surface area contributed by atoms with Gasteiger partial charge in [0.2, 0.25) is 0 Å². The second-order valence-electron chi connectivity index (χ2n) is 5.10. The maximum atomic E-state index is 11.9. The van der Waals surface area contributed by atoms with Crippen molar-refractivity contribution in [2.45, 2.75) is 31.4 Å². The van der Waals surface area contributed by atoms with E-state index in [1.807, 2.05) is 37.4 Å². The average Bonchev–Trinajstić information content (AvgIpc) is 2.23. The molecule has 89 valence electrons. The number of carbonyl (C=O) groups is 1. The molecule has 3 heteroatoms. The smallest absolute Gasteiger partial charge is 0.410 e. The molecule has 17 heavy (non-hydrogen) atoms. The van der Waals surface area contributed by atoms with Gasteiger partial charge in [0, 0.05) is 12.6 Å². The summed E-state index contributed by atoms with van der Waals surface area (Å²) in [5, 5.41) is 0. The lowest BCUT2D eigenvalue weighted by molar-refractivity contribution is -0.0328. The third kappa shape index (κ3) is 1.70. The summed E-state index contributed by atoms with van der Waals surface area (Å²) >= 11 is 0. The summed E-state index contributed by atoms with van der Waals surface area (Å²) in [6.07, 6.45) is 3.06. The molecule has 1 aromatic carbocycles. The van der Waals surface area contributed by atoms with Crippen LogP contribution in [-0.4, -0.2) is 23.6 Å². The van der Waals surface area contributed by atoms with Crippen LogP contribution in [0.3, 0.4) is 0 Å². The first-order chi connectivity index (χ1) is 8.20. The minimum Gasteiger partial charge on any atom is -0.445 e. The Morgan fingerprint density at radius 2 is 1.94 bits per heavy atom. The zero-order valence-corrected chi connectivity index (χ0v) is 9.98. The molecule has 0 atom stereocenters. The number of ether oxygens (including phenoxy) is 1. The van der Waals surface area contributed by atoms with Crippen LogP contribution in [0.2, 0.25) is 0 Å². The van der Waals surface area contributed by atoms with Crippen LogP contribution < -0.4 is 0 Å². The summed E-state index contributed by atoms with van der Waals surface area (Å²) < 4.78 is 5.31. The van der Waals surface area contributed by atoms with Crippen LogP contribution in [0.5, 0.6) is 0 Å². The molecule has 0 N–H and O–H groups in total. The lowest BCUT2D eigenvalue weighted by Gasteiger charge is -2.64. The van der Waals surface area contributed by atoms with E-state index in [2.05, 4.69) is 0 Å². The minimum atomic E-state index is -0.201. The van der Waals surface area contributed by atoms with Crippen LogP contribution in [-0.2, 0) is 11.3 Å². The number of amides is 1. The van der Waals surface area contributed by atoms with E-state index in [0.717, 1.165) is 24.8 Å². The maximum absolute atomic E-state index is 11.9. The van der Waals surface area contributed by atoms with Gasteiger partial charge in [-0.1, -0.05) is 30.3 Å². The number of benzene rings is 1. The van der Waals surface area contributed by atoms with Crippen LogP contribution in [0.1, 0.15) is 24.8 Å². The van der Waals surface area contributed by atoms with Gasteiger partial charge in [-0.2, -0.15) is 0 Å². The molecule has 1 amide bonds. The van der Waals surface area contributed by atoms with Crippen molar-refractivity contribution in [1.82, 2.24) is 4.90 Å². The van der Waals surface area contributed by atoms with Crippen molar-refractivity contribution in [3.8, 4) is 0 Å². The molecule has 0 unspecified atom stereocenters. The molecule has 0 aliphatic heterocycles. The van der Waals surface area contributed by atoms with Crippen molar-refractivity contribution in [2.24, 2.45) is 0 Å². The van der Waals surface area contributed by atoms with Crippen LogP contribution in [0.25, 0.3) is 0 Å². The van der Waals surface area contributed by atoms with Gasteiger partial charge >= 0.3 is 6.09 Å². The first-order valence-electron chi connectivity index (χ1n) is 5.98. The number of hydrogen-bond donors (Lipinski definition) is 0. The van der Waals surface area contributed by atoms with E-state index in [9.17, 15) is 4.79 Å². The molecule has 3 fully saturated rings. The Labute approximate surface area is 101 Å². The van der Waals surface area contributed by atoms with Crippen molar-refractivity contribution >= 4 is 6.09 Å². The fraction of sp³-hybridized carbons (Fsp3) is 0.429. The molecule has 3 aliphatic rings. The SMILES string of the molecule is CN(C(=O)OCc1ccccc1)C12C[C](C1)C2. The second kappa shape index (κ2) is 3.76. The molecule has 1 aromatic rings. The molecule has 0 spiro atoms. The van der Waals surface area contributed by atoms with E-state index in [0.29, 0.717) is 6.61 Å². The van der Waals surface area contributed by atoms with Gasteiger partial charge in [0.15, 0.2) is 0 Å². The quantitative estimate of drug-likeness (QED) is 0.799. The summed E-state index contributed by atoms with van der Waals surface area (Å²) in [6.45, 7) is 0.358. The maximum Gasteiger partial charge on any atom is 0.410 e. The Hall–Kier alpha value is -1.51. The molecule has 4 rings (SSSR count). The van der Waals surface area contributed by atoms with Crippen molar-refractivity contribution in [3.63, 3.8) is 0 Å². The Kier molecular flexibility index (Phi) is 2.35. The lowest BCUT2D eigenvalue weighted by Crippen LogP contribution is -2.67. The molecule has 3 saturated carbocycles. The third-order valence-corrected chi connectivity index (χ3v) is 3.93. The molecule has 1 radical (unpaired) electrons. The van der Waals surface area contributed by atoms with E-state index in [-0.39, 0.29) is 11.6 Å². The largest absolute Gasteiger partial charge is 0.445 e. The Balaban J connectivity index is 1.53. The normalized spacial score (nSPS) is 20.1. The van der Waals surface area contributed by atoms with Crippen LogP contribution in [0.4, 0.5) is 4.79 Å². The molecule has 0 saturated heterocycles. The monoisotopic (exact) mass is 230 g/mol. The number of hydrogen-bond acceptors (Lipinski definition) is 2. The zero-order chi connectivity index (χ0) is 11.9. The zero-order valence-electron chi connectivity index (χ0n) is 9.98. The highest BCUT2D eigenvalue weighted by Crippen LogP contribution is 2.61. The van der Waals surface area contributed by atoms with Crippen LogP contribution in [0, 0.1) is 5.92 Å². The Bertz CT molecular complexity index is 412. The Morgan fingerprint density at radius 3 is 2.47 bits per heavy atom. The fourth-order valence-corrected chi connectivity index (χ4v) is 2.61. The first-order valence-corrected chi connectivity index (χ1v) is 5.98. The van der Waals surface area contributed by atoms with Crippen LogP contribution in [0.15, 0.2) is 30.3 Å². The molecule has 3 aliphatic carbocycles. The van der Waals surface area contributed by atoms with E-state index >= 15 is 0 Å². The third-order valence-electron chi connectivity index (χ3n) is 3.93. The number of nitrogens with zero attached hydrogens (tertiary/aromatic N) is 1. The van der Waals surface area contributed by atoms with E-state index in [1.165, 1.54) is 0 Å². The van der Waals surface area contributed by atoms with Crippen molar-refractivity contribution in [2.75, 3.05) is 7.05 Å². The van der Waals surface area contributed by atoms with Gasteiger partial charge < -0.3 is 9.64 Å². The number of rotatable bonds is 3. The molecular weight excluding hydrogens is 214 g/mol. The van der Waals surface area contributed by atoms with Gasteiger partial charge in [0.1, 0.15) is 6.61 Å². The summed E-state index contributed by atoms with van der Waals surface area (Å²) in [6, 6.07) is 9.78. The molecular formula is C14H16NO2. The van der Waals surface area contributed by atoms with Crippen LogP contribution >= 0.6 is 0 Å². The van der Waals surface area contributed by atoms with Gasteiger partial charge in [-0.25, -0.2) is 4.79 Å². The molecule has 3 nitrogen and oxygen atoms in total. The summed E-state index contributed by atoms with van der Waals surface area (Å²) in [4.78, 5) is 13.7. The van der Waals surface area contributed by atoms with Gasteiger partial charge in [0.25, 0.3) is 0 Å². The first kappa shape index (κ1) is 10.6. The summed E-state index contributed by atoms with van der Waals surface area (Å²) in [7, 11) is 1.85. The highest BCUT2D eigenvalue weighted by molar-refractivity contribution is 5.70. The fourth-order valence-electron chi connectivity index (χ4n) is 2.61. The van der Waals surface area contributed by atoms with E-state index in [1.54, 1.807) is 10.8 Å². The Morgan fingerprint density at radius 1 is 1.29 bits per heavy atom. The minimum absolute atomic E-state index is 0.114. The lowest BCUT2D eigenvalue weighted by atomic mass is 9.49. The molecule has 0 aromatic heterocycles. The van der Waals surface area contributed by atoms with Gasteiger partial charge in [-0.3, -0.25) is 0 Å². The van der Waals surface area contributed by atoms with Crippen molar-refractivity contribution < 1.29 is 9.53 Å². The highest BCUT2D eigenvalue weighted by atomic mass is 16.6. The predicted octanol–water partition coefficient (Wildman–Crippen LogP) is 2.77. The van der Waals surface area contributed by atoms with E-state index in [4.69, 9.17) is 4.74 Å². The van der Waals surface area contributed by atoms with Crippen molar-refractivity contribution in [1.29, 1.82) is 0 Å². The number of carbonyl (C=O) groups excluding carboxylic acids is 1. The van der Waals surface area contributed by atoms with Gasteiger partial charge in [0.05, 0.1) is 0 Å².